The molecular formula is C10H10N6O2. The first kappa shape index (κ1) is 10.8. The molecule has 0 saturated heterocycles. The Labute approximate surface area is 102 Å². The number of nitrogens with zero attached hydrogens (tertiary/aromatic N) is 6. The quantitative estimate of drug-likeness (QED) is 0.817. The van der Waals surface area contributed by atoms with Gasteiger partial charge in [-0.2, -0.15) is 0 Å². The molecule has 1 N–H and O–H groups in total. The van der Waals surface area contributed by atoms with E-state index in [-0.39, 0.29) is 0 Å². The van der Waals surface area contributed by atoms with E-state index in [4.69, 9.17) is 0 Å². The van der Waals surface area contributed by atoms with Crippen LogP contribution in [0.5, 0.6) is 0 Å². The standard InChI is InChI=1S/C10H10N6O2/c17-9(18)10(2-1-3-10)16-8(13-14-15-16)7-4-11-6-12-5-7/h4-6H,1-3H2,(H,17,18). The van der Waals surface area contributed by atoms with Crippen LogP contribution in [0, 0.1) is 0 Å². The predicted molar refractivity (Wildman–Crippen MR) is 58.3 cm³/mol. The highest BCUT2D eigenvalue weighted by atomic mass is 16.4. The van der Waals surface area contributed by atoms with Crippen molar-refractivity contribution in [2.24, 2.45) is 0 Å². The molecule has 1 saturated carbocycles. The van der Waals surface area contributed by atoms with Crippen LogP contribution >= 0.6 is 0 Å². The lowest BCUT2D eigenvalue weighted by atomic mass is 9.77. The van der Waals surface area contributed by atoms with Gasteiger partial charge in [0.1, 0.15) is 6.33 Å². The third-order valence-corrected chi connectivity index (χ3v) is 3.27. The van der Waals surface area contributed by atoms with Crippen LogP contribution < -0.4 is 0 Å². The summed E-state index contributed by atoms with van der Waals surface area (Å²) >= 11 is 0. The molecular weight excluding hydrogens is 236 g/mol. The van der Waals surface area contributed by atoms with Gasteiger partial charge in [0.05, 0.1) is 5.56 Å². The number of carboxylic acid groups (broad SMARTS) is 1. The van der Waals surface area contributed by atoms with Gasteiger partial charge in [-0.15, -0.1) is 5.10 Å². The Balaban J connectivity index is 2.10. The second-order valence-corrected chi connectivity index (χ2v) is 4.23. The molecule has 0 unspecified atom stereocenters. The molecule has 1 aliphatic carbocycles. The van der Waals surface area contributed by atoms with Crippen LogP contribution in [0.15, 0.2) is 18.7 Å². The highest BCUT2D eigenvalue weighted by Gasteiger charge is 2.49. The highest BCUT2D eigenvalue weighted by Crippen LogP contribution is 2.40. The van der Waals surface area contributed by atoms with Gasteiger partial charge in [0, 0.05) is 12.4 Å². The van der Waals surface area contributed by atoms with Crippen molar-refractivity contribution in [3.05, 3.63) is 18.7 Å². The van der Waals surface area contributed by atoms with Crippen LogP contribution in [0.2, 0.25) is 0 Å². The molecule has 1 fully saturated rings. The number of carbonyl (C=O) groups is 1. The fourth-order valence-electron chi connectivity index (χ4n) is 2.10. The van der Waals surface area contributed by atoms with E-state index in [0.717, 1.165) is 6.42 Å². The van der Waals surface area contributed by atoms with E-state index in [0.29, 0.717) is 24.2 Å². The number of aliphatic carboxylic acids is 1. The van der Waals surface area contributed by atoms with Gasteiger partial charge < -0.3 is 5.11 Å². The van der Waals surface area contributed by atoms with Gasteiger partial charge in [0.2, 0.25) is 0 Å². The van der Waals surface area contributed by atoms with Crippen LogP contribution in [-0.4, -0.2) is 41.3 Å². The van der Waals surface area contributed by atoms with Gasteiger partial charge in [0.25, 0.3) is 0 Å². The number of hydrogen-bond acceptors (Lipinski definition) is 6. The molecule has 2 aromatic heterocycles. The predicted octanol–water partition coefficient (Wildman–Crippen LogP) is 0.0939. The molecule has 3 rings (SSSR count). The van der Waals surface area contributed by atoms with Gasteiger partial charge in [-0.05, 0) is 29.7 Å². The van der Waals surface area contributed by atoms with Crippen molar-refractivity contribution in [1.29, 1.82) is 0 Å². The summed E-state index contributed by atoms with van der Waals surface area (Å²) in [6.45, 7) is 0. The van der Waals surface area contributed by atoms with Gasteiger partial charge in [-0.1, -0.05) is 0 Å². The first-order valence-electron chi connectivity index (χ1n) is 5.52. The molecule has 8 nitrogen and oxygen atoms in total. The maximum absolute atomic E-state index is 11.4. The van der Waals surface area contributed by atoms with Gasteiger partial charge in [0.15, 0.2) is 11.4 Å². The molecule has 92 valence electrons. The van der Waals surface area contributed by atoms with E-state index in [2.05, 4.69) is 25.5 Å². The molecule has 0 atom stereocenters. The van der Waals surface area contributed by atoms with E-state index in [1.165, 1.54) is 11.0 Å². The zero-order valence-electron chi connectivity index (χ0n) is 9.39. The molecule has 0 spiro atoms. The van der Waals surface area contributed by atoms with Crippen LogP contribution in [0.3, 0.4) is 0 Å². The molecule has 0 aliphatic heterocycles. The number of carboxylic acids is 1. The van der Waals surface area contributed by atoms with Crippen LogP contribution in [0.25, 0.3) is 11.4 Å². The molecule has 1 aliphatic rings. The second-order valence-electron chi connectivity index (χ2n) is 4.23. The van der Waals surface area contributed by atoms with E-state index in [1.807, 2.05) is 0 Å². The maximum Gasteiger partial charge on any atom is 0.331 e. The zero-order chi connectivity index (χ0) is 12.6. The maximum atomic E-state index is 11.4. The molecule has 8 heteroatoms. The van der Waals surface area contributed by atoms with Crippen molar-refractivity contribution in [2.75, 3.05) is 0 Å². The Morgan fingerprint density at radius 1 is 1.33 bits per heavy atom. The van der Waals surface area contributed by atoms with Crippen molar-refractivity contribution >= 4 is 5.97 Å². The summed E-state index contributed by atoms with van der Waals surface area (Å²) in [5.41, 5.74) is -0.413. The molecule has 0 aromatic carbocycles. The molecule has 2 heterocycles. The zero-order valence-corrected chi connectivity index (χ0v) is 9.39. The van der Waals surface area contributed by atoms with Crippen molar-refractivity contribution in [3.8, 4) is 11.4 Å². The Morgan fingerprint density at radius 3 is 2.61 bits per heavy atom. The largest absolute Gasteiger partial charge is 0.479 e. The minimum absolute atomic E-state index is 0.387. The third kappa shape index (κ3) is 1.38. The lowest BCUT2D eigenvalue weighted by Crippen LogP contribution is -2.48. The summed E-state index contributed by atoms with van der Waals surface area (Å²) in [4.78, 5) is 19.2. The average molecular weight is 246 g/mol. The summed E-state index contributed by atoms with van der Waals surface area (Å²) in [7, 11) is 0. The summed E-state index contributed by atoms with van der Waals surface area (Å²) < 4.78 is 1.37. The Kier molecular flexibility index (Phi) is 2.29. The average Bonchev–Trinajstić information content (AvgIpc) is 2.77. The van der Waals surface area contributed by atoms with Crippen LogP contribution in [0.4, 0.5) is 0 Å². The van der Waals surface area contributed by atoms with Crippen molar-refractivity contribution in [2.45, 2.75) is 24.8 Å². The summed E-state index contributed by atoms with van der Waals surface area (Å²) in [5, 5.41) is 20.7. The fourth-order valence-corrected chi connectivity index (χ4v) is 2.10. The van der Waals surface area contributed by atoms with Gasteiger partial charge >= 0.3 is 5.97 Å². The van der Waals surface area contributed by atoms with Crippen LogP contribution in [-0.2, 0) is 10.3 Å². The third-order valence-electron chi connectivity index (χ3n) is 3.27. The minimum atomic E-state index is -1.02. The van der Waals surface area contributed by atoms with E-state index >= 15 is 0 Å². The number of aromatic nitrogens is 6. The Bertz CT molecular complexity index is 577. The molecule has 0 amide bonds. The first-order chi connectivity index (χ1) is 8.74. The topological polar surface area (TPSA) is 107 Å². The fraction of sp³-hybridized carbons (Fsp3) is 0.400. The Hall–Kier alpha value is -2.38. The molecule has 2 aromatic rings. The van der Waals surface area contributed by atoms with E-state index in [9.17, 15) is 9.90 Å². The molecule has 0 radical (unpaired) electrons. The van der Waals surface area contributed by atoms with Gasteiger partial charge in [-0.25, -0.2) is 19.4 Å². The second kappa shape index (κ2) is 3.83. The monoisotopic (exact) mass is 246 g/mol. The number of hydrogen-bond donors (Lipinski definition) is 1. The van der Waals surface area contributed by atoms with Crippen molar-refractivity contribution in [3.63, 3.8) is 0 Å². The van der Waals surface area contributed by atoms with Crippen molar-refractivity contribution < 1.29 is 9.90 Å². The molecule has 0 bridgehead atoms. The summed E-state index contributed by atoms with van der Waals surface area (Å²) in [6, 6.07) is 0. The lowest BCUT2D eigenvalue weighted by molar-refractivity contribution is -0.153. The number of tetrazole rings is 1. The van der Waals surface area contributed by atoms with Crippen LogP contribution in [0.1, 0.15) is 19.3 Å². The Morgan fingerprint density at radius 2 is 2.06 bits per heavy atom. The molecule has 18 heavy (non-hydrogen) atoms. The SMILES string of the molecule is O=C(O)C1(n2nnnc2-c2cncnc2)CCC1. The summed E-state index contributed by atoms with van der Waals surface area (Å²) in [6.07, 6.45) is 6.44. The first-order valence-corrected chi connectivity index (χ1v) is 5.52. The number of rotatable bonds is 3. The smallest absolute Gasteiger partial charge is 0.331 e. The highest BCUT2D eigenvalue weighted by molar-refractivity contribution is 5.78. The lowest BCUT2D eigenvalue weighted by Gasteiger charge is -2.37. The van der Waals surface area contributed by atoms with Gasteiger partial charge in [-0.3, -0.25) is 0 Å². The summed E-state index contributed by atoms with van der Waals surface area (Å²) in [5.74, 6) is -0.517. The van der Waals surface area contributed by atoms with E-state index < -0.39 is 11.5 Å². The van der Waals surface area contributed by atoms with E-state index in [1.54, 1.807) is 12.4 Å². The van der Waals surface area contributed by atoms with Crippen molar-refractivity contribution in [1.82, 2.24) is 30.2 Å². The minimum Gasteiger partial charge on any atom is -0.479 e. The normalized spacial score (nSPS) is 17.1.